The van der Waals surface area contributed by atoms with Crippen LogP contribution in [0.2, 0.25) is 0 Å². The summed E-state index contributed by atoms with van der Waals surface area (Å²) in [5, 5.41) is 7.49. The summed E-state index contributed by atoms with van der Waals surface area (Å²) in [5.41, 5.74) is -0.190. The first kappa shape index (κ1) is 30.1. The number of rotatable bonds is 10. The van der Waals surface area contributed by atoms with Gasteiger partial charge in [-0.25, -0.2) is 0 Å². The van der Waals surface area contributed by atoms with Gasteiger partial charge in [0.05, 0.1) is 0 Å². The van der Waals surface area contributed by atoms with E-state index in [1.165, 1.54) is 0 Å². The van der Waals surface area contributed by atoms with Gasteiger partial charge in [0.25, 0.3) is 0 Å². The minimum Gasteiger partial charge on any atom is -0.462 e. The van der Waals surface area contributed by atoms with Crippen LogP contribution in [0.4, 0.5) is 0 Å². The third-order valence-corrected chi connectivity index (χ3v) is 8.43. The maximum absolute atomic E-state index is 12.5. The second-order valence-corrected chi connectivity index (χ2v) is 13.8. The van der Waals surface area contributed by atoms with Crippen LogP contribution in [-0.4, -0.2) is 46.3 Å². The minimum absolute atomic E-state index is 0.0384. The zero-order chi connectivity index (χ0) is 26.7. The average molecular weight is 495 g/mol. The van der Waals surface area contributed by atoms with Crippen molar-refractivity contribution in [3.63, 3.8) is 0 Å². The molecule has 0 spiro atoms. The Bertz CT molecular complexity index is 672. The van der Waals surface area contributed by atoms with Crippen molar-refractivity contribution >= 4 is 11.9 Å². The summed E-state index contributed by atoms with van der Waals surface area (Å²) >= 11 is 0. The van der Waals surface area contributed by atoms with Crippen LogP contribution in [0.1, 0.15) is 127 Å². The van der Waals surface area contributed by atoms with Crippen molar-refractivity contribution in [2.75, 3.05) is 0 Å². The topological polar surface area (TPSA) is 76.7 Å². The molecule has 4 unspecified atom stereocenters. The Labute approximate surface area is 215 Å². The summed E-state index contributed by atoms with van der Waals surface area (Å²) in [6.07, 6.45) is 6.38. The van der Waals surface area contributed by atoms with Crippen LogP contribution in [0.5, 0.6) is 0 Å². The average Bonchev–Trinajstić information content (AvgIpc) is 2.64. The maximum atomic E-state index is 12.5. The number of carbonyl (C=O) groups excluding carboxylic acids is 2. The van der Waals surface area contributed by atoms with E-state index in [-0.39, 0.29) is 46.3 Å². The molecule has 0 aliphatic carbocycles. The first-order valence-electron chi connectivity index (χ1n) is 13.9. The van der Waals surface area contributed by atoms with Gasteiger partial charge in [0.2, 0.25) is 0 Å². The standard InChI is InChI=1S/C29H54N2O4/c1-20(2)28(9)18-22(16-26(5,6)30-28)34-24(32)14-12-11-13-15-25(33)35-23-17-27(7,8)31-29(10,19-23)21(3)4/h20-23,30-31H,11-19H2,1-10H3. The molecule has 0 amide bonds. The number of nitrogens with one attached hydrogen (secondary N) is 2. The fourth-order valence-electron chi connectivity index (χ4n) is 6.11. The monoisotopic (exact) mass is 494 g/mol. The molecule has 6 nitrogen and oxygen atoms in total. The summed E-state index contributed by atoms with van der Waals surface area (Å²) in [7, 11) is 0. The smallest absolute Gasteiger partial charge is 0.306 e. The third-order valence-electron chi connectivity index (χ3n) is 8.43. The number of ether oxygens (including phenoxy) is 2. The van der Waals surface area contributed by atoms with Crippen molar-refractivity contribution in [1.82, 2.24) is 10.6 Å². The summed E-state index contributed by atoms with van der Waals surface area (Å²) in [5.74, 6) is 0.675. The Morgan fingerprint density at radius 2 is 1.00 bits per heavy atom. The highest BCUT2D eigenvalue weighted by Gasteiger charge is 2.44. The first-order valence-corrected chi connectivity index (χ1v) is 13.9. The number of esters is 2. The lowest BCUT2D eigenvalue weighted by Gasteiger charge is -2.49. The highest BCUT2D eigenvalue weighted by molar-refractivity contribution is 5.70. The predicted octanol–water partition coefficient (Wildman–Crippen LogP) is 5.91. The fraction of sp³-hybridized carbons (Fsp3) is 0.931. The van der Waals surface area contributed by atoms with Crippen LogP contribution >= 0.6 is 0 Å². The Hall–Kier alpha value is -1.14. The molecule has 2 fully saturated rings. The number of hydrogen-bond donors (Lipinski definition) is 2. The SMILES string of the molecule is CC(C)C1(C)CC(OC(=O)CCCCCC(=O)OC2CC(C)(C)NC(C)(C(C)C)C2)CC(C)(C)N1. The largest absolute Gasteiger partial charge is 0.462 e. The van der Waals surface area contributed by atoms with E-state index in [4.69, 9.17) is 9.47 Å². The molecule has 0 aromatic carbocycles. The molecular formula is C29H54N2O4. The second-order valence-electron chi connectivity index (χ2n) is 13.8. The van der Waals surface area contributed by atoms with Gasteiger partial charge in [-0.05, 0) is 66.2 Å². The van der Waals surface area contributed by atoms with E-state index in [0.717, 1.165) is 44.9 Å². The summed E-state index contributed by atoms with van der Waals surface area (Å²) in [6, 6.07) is 0. The lowest BCUT2D eigenvalue weighted by molar-refractivity contribution is -0.154. The van der Waals surface area contributed by atoms with Crippen molar-refractivity contribution in [3.05, 3.63) is 0 Å². The molecule has 35 heavy (non-hydrogen) atoms. The Morgan fingerprint density at radius 3 is 1.31 bits per heavy atom. The molecule has 2 saturated heterocycles. The zero-order valence-electron chi connectivity index (χ0n) is 24.3. The molecule has 0 radical (unpaired) electrons. The Kier molecular flexibility index (Phi) is 9.88. The summed E-state index contributed by atoms with van der Waals surface area (Å²) in [6.45, 7) is 22.0. The van der Waals surface area contributed by atoms with Gasteiger partial charge in [-0.15, -0.1) is 0 Å². The molecule has 2 N–H and O–H groups in total. The summed E-state index contributed by atoms with van der Waals surface area (Å²) in [4.78, 5) is 25.0. The lowest BCUT2D eigenvalue weighted by Crippen LogP contribution is -2.63. The van der Waals surface area contributed by atoms with E-state index in [0.29, 0.717) is 24.7 Å². The second kappa shape index (κ2) is 11.5. The van der Waals surface area contributed by atoms with Gasteiger partial charge in [-0.3, -0.25) is 9.59 Å². The number of unbranched alkanes of at least 4 members (excludes halogenated alkanes) is 2. The molecular weight excluding hydrogens is 440 g/mol. The van der Waals surface area contributed by atoms with E-state index in [1.54, 1.807) is 0 Å². The molecule has 204 valence electrons. The van der Waals surface area contributed by atoms with Crippen molar-refractivity contribution in [2.24, 2.45) is 11.8 Å². The van der Waals surface area contributed by atoms with E-state index in [2.05, 4.69) is 79.9 Å². The molecule has 4 atom stereocenters. The molecule has 2 rings (SSSR count). The van der Waals surface area contributed by atoms with E-state index in [1.807, 2.05) is 0 Å². The van der Waals surface area contributed by atoms with Gasteiger partial charge in [0.15, 0.2) is 0 Å². The molecule has 0 bridgehead atoms. The van der Waals surface area contributed by atoms with Gasteiger partial charge in [0, 0.05) is 60.7 Å². The quantitative estimate of drug-likeness (QED) is 0.290. The van der Waals surface area contributed by atoms with E-state index >= 15 is 0 Å². The van der Waals surface area contributed by atoms with Crippen LogP contribution in [-0.2, 0) is 19.1 Å². The molecule has 2 heterocycles. The first-order chi connectivity index (χ1) is 16.0. The fourth-order valence-corrected chi connectivity index (χ4v) is 6.11. The lowest BCUT2D eigenvalue weighted by atomic mass is 9.74. The Morgan fingerprint density at radius 1 is 0.657 bits per heavy atom. The van der Waals surface area contributed by atoms with Crippen molar-refractivity contribution in [2.45, 2.75) is 161 Å². The van der Waals surface area contributed by atoms with E-state index in [9.17, 15) is 9.59 Å². The van der Waals surface area contributed by atoms with Crippen molar-refractivity contribution in [1.29, 1.82) is 0 Å². The van der Waals surface area contributed by atoms with Gasteiger partial charge >= 0.3 is 11.9 Å². The van der Waals surface area contributed by atoms with Gasteiger partial charge in [-0.2, -0.15) is 0 Å². The maximum Gasteiger partial charge on any atom is 0.306 e. The van der Waals surface area contributed by atoms with Crippen LogP contribution in [0.15, 0.2) is 0 Å². The molecule has 2 aliphatic rings. The van der Waals surface area contributed by atoms with Crippen molar-refractivity contribution < 1.29 is 19.1 Å². The third kappa shape index (κ3) is 9.03. The molecule has 6 heteroatoms. The number of hydrogen-bond acceptors (Lipinski definition) is 6. The Balaban J connectivity index is 1.70. The van der Waals surface area contributed by atoms with Crippen LogP contribution in [0.3, 0.4) is 0 Å². The van der Waals surface area contributed by atoms with Crippen molar-refractivity contribution in [3.8, 4) is 0 Å². The normalized spacial score (nSPS) is 32.5. The van der Waals surface area contributed by atoms with Crippen LogP contribution in [0, 0.1) is 11.8 Å². The minimum atomic E-state index is -0.119. The van der Waals surface area contributed by atoms with E-state index < -0.39 is 0 Å². The molecule has 2 aliphatic heterocycles. The van der Waals surface area contributed by atoms with Crippen LogP contribution < -0.4 is 10.6 Å². The molecule has 0 saturated carbocycles. The van der Waals surface area contributed by atoms with Crippen LogP contribution in [0.25, 0.3) is 0 Å². The van der Waals surface area contributed by atoms with Gasteiger partial charge in [-0.1, -0.05) is 34.1 Å². The number of piperidine rings is 2. The highest BCUT2D eigenvalue weighted by atomic mass is 16.5. The zero-order valence-corrected chi connectivity index (χ0v) is 24.3. The molecule has 0 aromatic rings. The summed E-state index contributed by atoms with van der Waals surface area (Å²) < 4.78 is 11.8. The number of carbonyl (C=O) groups is 2. The van der Waals surface area contributed by atoms with Gasteiger partial charge < -0.3 is 20.1 Å². The van der Waals surface area contributed by atoms with Gasteiger partial charge in [0.1, 0.15) is 12.2 Å². The highest BCUT2D eigenvalue weighted by Crippen LogP contribution is 2.36. The molecule has 0 aromatic heterocycles. The predicted molar refractivity (Wildman–Crippen MR) is 142 cm³/mol.